The van der Waals surface area contributed by atoms with Crippen molar-refractivity contribution in [3.05, 3.63) is 23.8 Å². The molecular weight excluding hydrogens is 166 g/mol. The van der Waals surface area contributed by atoms with Gasteiger partial charge in [0, 0.05) is 12.2 Å². The van der Waals surface area contributed by atoms with Gasteiger partial charge in [-0.15, -0.1) is 0 Å². The number of carbonyl (C=O) groups is 1. The van der Waals surface area contributed by atoms with E-state index in [1.54, 1.807) is 11.1 Å². The Bertz CT molecular complexity index is 348. The zero-order chi connectivity index (χ0) is 9.42. The van der Waals surface area contributed by atoms with Gasteiger partial charge in [-0.25, -0.2) is 9.97 Å². The van der Waals surface area contributed by atoms with Crippen LogP contribution in [0, 0.1) is 0 Å². The van der Waals surface area contributed by atoms with Gasteiger partial charge in [-0.2, -0.15) is 0 Å². The molecule has 1 aromatic rings. The molecule has 68 valence electrons. The first-order valence-electron chi connectivity index (χ1n) is 4.30. The Morgan fingerprint density at radius 3 is 2.92 bits per heavy atom. The van der Waals surface area contributed by atoms with Crippen molar-refractivity contribution in [1.29, 1.82) is 0 Å². The normalized spacial score (nSPS) is 15.3. The molecular formula is C9H11N3O. The summed E-state index contributed by atoms with van der Waals surface area (Å²) in [6.45, 7) is 4.61. The third-order valence-electron chi connectivity index (χ3n) is 2.23. The molecule has 0 saturated heterocycles. The van der Waals surface area contributed by atoms with E-state index in [0.717, 1.165) is 5.69 Å². The molecule has 0 atom stereocenters. The number of hydrogen-bond donors (Lipinski definition) is 0. The van der Waals surface area contributed by atoms with Gasteiger partial charge in [0.15, 0.2) is 0 Å². The minimum Gasteiger partial charge on any atom is -0.330 e. The van der Waals surface area contributed by atoms with Crippen LogP contribution in [0.15, 0.2) is 12.5 Å². The highest BCUT2D eigenvalue weighted by Crippen LogP contribution is 2.21. The van der Waals surface area contributed by atoms with Crippen LogP contribution in [0.5, 0.6) is 0 Å². The second kappa shape index (κ2) is 2.80. The van der Waals surface area contributed by atoms with Gasteiger partial charge in [-0.05, 0) is 13.8 Å². The maximum Gasteiger partial charge on any atom is 0.257 e. The second-order valence-corrected chi connectivity index (χ2v) is 3.41. The van der Waals surface area contributed by atoms with Crippen LogP contribution < -0.4 is 0 Å². The summed E-state index contributed by atoms with van der Waals surface area (Å²) >= 11 is 0. The smallest absolute Gasteiger partial charge is 0.257 e. The van der Waals surface area contributed by atoms with Crippen LogP contribution in [0.3, 0.4) is 0 Å². The largest absolute Gasteiger partial charge is 0.330 e. The molecule has 0 aliphatic carbocycles. The SMILES string of the molecule is CC(C)N1Cc2ncncc2C1=O. The third-order valence-corrected chi connectivity index (χ3v) is 2.23. The Morgan fingerprint density at radius 1 is 1.54 bits per heavy atom. The van der Waals surface area contributed by atoms with E-state index >= 15 is 0 Å². The minimum atomic E-state index is 0.0469. The van der Waals surface area contributed by atoms with Gasteiger partial charge in [0.2, 0.25) is 0 Å². The van der Waals surface area contributed by atoms with E-state index < -0.39 is 0 Å². The van der Waals surface area contributed by atoms with E-state index in [1.165, 1.54) is 6.33 Å². The molecule has 0 saturated carbocycles. The number of rotatable bonds is 1. The maximum absolute atomic E-state index is 11.7. The highest BCUT2D eigenvalue weighted by Gasteiger charge is 2.29. The van der Waals surface area contributed by atoms with Gasteiger partial charge in [-0.1, -0.05) is 0 Å². The standard InChI is InChI=1S/C9H11N3O/c1-6(2)12-4-8-7(9(12)13)3-10-5-11-8/h3,5-6H,4H2,1-2H3. The van der Waals surface area contributed by atoms with Gasteiger partial charge < -0.3 is 4.90 Å². The molecule has 2 heterocycles. The van der Waals surface area contributed by atoms with Crippen molar-refractivity contribution >= 4 is 5.91 Å². The zero-order valence-electron chi connectivity index (χ0n) is 7.69. The van der Waals surface area contributed by atoms with Crippen LogP contribution in [0.4, 0.5) is 0 Å². The highest BCUT2D eigenvalue weighted by molar-refractivity contribution is 5.97. The quantitative estimate of drug-likeness (QED) is 0.638. The monoisotopic (exact) mass is 177 g/mol. The summed E-state index contributed by atoms with van der Waals surface area (Å²) in [5, 5.41) is 0. The first-order chi connectivity index (χ1) is 6.20. The predicted octanol–water partition coefficient (Wildman–Crippen LogP) is 0.841. The van der Waals surface area contributed by atoms with E-state index in [1.807, 2.05) is 13.8 Å². The Balaban J connectivity index is 2.38. The molecule has 0 unspecified atom stereocenters. The van der Waals surface area contributed by atoms with Crippen molar-refractivity contribution in [1.82, 2.24) is 14.9 Å². The molecule has 1 aliphatic heterocycles. The van der Waals surface area contributed by atoms with E-state index in [0.29, 0.717) is 12.1 Å². The van der Waals surface area contributed by atoms with Crippen LogP contribution >= 0.6 is 0 Å². The van der Waals surface area contributed by atoms with Crippen molar-refractivity contribution in [3.63, 3.8) is 0 Å². The van der Waals surface area contributed by atoms with Crippen molar-refractivity contribution in [2.75, 3.05) is 0 Å². The van der Waals surface area contributed by atoms with Crippen molar-refractivity contribution in [2.24, 2.45) is 0 Å². The fourth-order valence-corrected chi connectivity index (χ4v) is 1.46. The molecule has 0 N–H and O–H groups in total. The number of amides is 1. The summed E-state index contributed by atoms with van der Waals surface area (Å²) in [7, 11) is 0. The topological polar surface area (TPSA) is 46.1 Å². The van der Waals surface area contributed by atoms with E-state index in [9.17, 15) is 4.79 Å². The molecule has 0 bridgehead atoms. The second-order valence-electron chi connectivity index (χ2n) is 3.41. The van der Waals surface area contributed by atoms with Crippen LogP contribution in [0.25, 0.3) is 0 Å². The molecule has 1 amide bonds. The third kappa shape index (κ3) is 1.18. The van der Waals surface area contributed by atoms with E-state index in [-0.39, 0.29) is 11.9 Å². The first kappa shape index (κ1) is 8.16. The van der Waals surface area contributed by atoms with Crippen molar-refractivity contribution < 1.29 is 4.79 Å². The first-order valence-corrected chi connectivity index (χ1v) is 4.30. The Labute approximate surface area is 76.6 Å². The summed E-state index contributed by atoms with van der Waals surface area (Å²) in [6.07, 6.45) is 3.07. The molecule has 4 heteroatoms. The number of carbonyl (C=O) groups excluding carboxylic acids is 1. The van der Waals surface area contributed by atoms with Gasteiger partial charge in [-0.3, -0.25) is 4.79 Å². The molecule has 0 spiro atoms. The average molecular weight is 177 g/mol. The van der Waals surface area contributed by atoms with E-state index in [2.05, 4.69) is 9.97 Å². The van der Waals surface area contributed by atoms with Gasteiger partial charge >= 0.3 is 0 Å². The summed E-state index contributed by atoms with van der Waals surface area (Å²) in [4.78, 5) is 21.4. The van der Waals surface area contributed by atoms with Crippen LogP contribution in [0.1, 0.15) is 29.9 Å². The molecule has 13 heavy (non-hydrogen) atoms. The molecule has 0 radical (unpaired) electrons. The Kier molecular flexibility index (Phi) is 1.76. The lowest BCUT2D eigenvalue weighted by Crippen LogP contribution is -2.30. The molecule has 0 fully saturated rings. The predicted molar refractivity (Wildman–Crippen MR) is 47.0 cm³/mol. The number of hydrogen-bond acceptors (Lipinski definition) is 3. The fraction of sp³-hybridized carbons (Fsp3) is 0.444. The molecule has 1 aliphatic rings. The average Bonchev–Trinajstić information content (AvgIpc) is 2.45. The summed E-state index contributed by atoms with van der Waals surface area (Å²) in [6, 6.07) is 0.224. The van der Waals surface area contributed by atoms with Gasteiger partial charge in [0.25, 0.3) is 5.91 Å². The summed E-state index contributed by atoms with van der Waals surface area (Å²) < 4.78 is 0. The van der Waals surface area contributed by atoms with Crippen LogP contribution in [-0.2, 0) is 6.54 Å². The Morgan fingerprint density at radius 2 is 2.31 bits per heavy atom. The maximum atomic E-state index is 11.7. The van der Waals surface area contributed by atoms with Crippen LogP contribution in [-0.4, -0.2) is 26.8 Å². The molecule has 1 aromatic heterocycles. The minimum absolute atomic E-state index is 0.0469. The van der Waals surface area contributed by atoms with Gasteiger partial charge in [0.1, 0.15) is 6.33 Å². The fourth-order valence-electron chi connectivity index (χ4n) is 1.46. The summed E-state index contributed by atoms with van der Waals surface area (Å²) in [5.41, 5.74) is 1.49. The summed E-state index contributed by atoms with van der Waals surface area (Å²) in [5.74, 6) is 0.0469. The highest BCUT2D eigenvalue weighted by atomic mass is 16.2. The van der Waals surface area contributed by atoms with E-state index in [4.69, 9.17) is 0 Å². The molecule has 4 nitrogen and oxygen atoms in total. The Hall–Kier alpha value is -1.45. The molecule has 2 rings (SSSR count). The lowest BCUT2D eigenvalue weighted by molar-refractivity contribution is 0.0730. The molecule has 0 aromatic carbocycles. The number of aromatic nitrogens is 2. The van der Waals surface area contributed by atoms with Crippen LogP contribution in [0.2, 0.25) is 0 Å². The van der Waals surface area contributed by atoms with Crippen molar-refractivity contribution in [2.45, 2.75) is 26.4 Å². The van der Waals surface area contributed by atoms with Gasteiger partial charge in [0.05, 0.1) is 17.8 Å². The van der Waals surface area contributed by atoms with Crippen molar-refractivity contribution in [3.8, 4) is 0 Å². The lowest BCUT2D eigenvalue weighted by Gasteiger charge is -2.19. The lowest BCUT2D eigenvalue weighted by atomic mass is 10.3. The zero-order valence-corrected chi connectivity index (χ0v) is 7.69. The number of fused-ring (bicyclic) bond motifs is 1. The number of nitrogens with zero attached hydrogens (tertiary/aromatic N) is 3.